The van der Waals surface area contributed by atoms with Crippen LogP contribution < -0.4 is 0 Å². The zero-order valence-electron chi connectivity index (χ0n) is 27.4. The minimum Gasteiger partial charge on any atom is -0.309 e. The van der Waals surface area contributed by atoms with Crippen LogP contribution in [0, 0.1) is 0 Å². The van der Waals surface area contributed by atoms with Gasteiger partial charge in [-0.1, -0.05) is 140 Å². The standard InChI is InChI=1S/C48H32N2/c1-3-15-33(16-4-1)37-19-7-8-20-38(37)39-21-9-13-25-45(39)50-46-26-14-11-23-41(46)43-32-35(28-30-48(43)50)34-27-29-47-42(31-34)40-22-10-12-24-44(40)49(47)36-17-5-2-6-18-36/h1-32H. The number of nitrogens with zero attached hydrogens (tertiary/aromatic N) is 2. The van der Waals surface area contributed by atoms with Gasteiger partial charge in [-0.2, -0.15) is 0 Å². The number of hydrogen-bond donors (Lipinski definition) is 0. The highest BCUT2D eigenvalue weighted by molar-refractivity contribution is 6.13. The fraction of sp³-hybridized carbons (Fsp3) is 0. The maximum absolute atomic E-state index is 2.45. The topological polar surface area (TPSA) is 9.86 Å². The summed E-state index contributed by atoms with van der Waals surface area (Å²) in [7, 11) is 0. The zero-order valence-corrected chi connectivity index (χ0v) is 27.4. The molecule has 10 aromatic rings. The van der Waals surface area contributed by atoms with Crippen molar-refractivity contribution in [1.82, 2.24) is 9.13 Å². The van der Waals surface area contributed by atoms with E-state index in [4.69, 9.17) is 0 Å². The molecule has 0 atom stereocenters. The van der Waals surface area contributed by atoms with Crippen molar-refractivity contribution in [2.75, 3.05) is 0 Å². The second kappa shape index (κ2) is 11.5. The van der Waals surface area contributed by atoms with Crippen molar-refractivity contribution >= 4 is 43.6 Å². The van der Waals surface area contributed by atoms with E-state index < -0.39 is 0 Å². The van der Waals surface area contributed by atoms with Crippen molar-refractivity contribution in [3.8, 4) is 44.8 Å². The Morgan fingerprint density at radius 1 is 0.260 bits per heavy atom. The summed E-state index contributed by atoms with van der Waals surface area (Å²) in [6.45, 7) is 0. The summed E-state index contributed by atoms with van der Waals surface area (Å²) in [5.41, 5.74) is 14.5. The average Bonchev–Trinajstić information content (AvgIpc) is 3.71. The van der Waals surface area contributed by atoms with Gasteiger partial charge in [0.25, 0.3) is 0 Å². The summed E-state index contributed by atoms with van der Waals surface area (Å²) in [5, 5.41) is 5.02. The summed E-state index contributed by atoms with van der Waals surface area (Å²) in [5.74, 6) is 0. The summed E-state index contributed by atoms with van der Waals surface area (Å²) < 4.78 is 4.82. The average molecular weight is 637 g/mol. The Hall–Kier alpha value is -6.64. The van der Waals surface area contributed by atoms with Gasteiger partial charge < -0.3 is 9.13 Å². The monoisotopic (exact) mass is 636 g/mol. The van der Waals surface area contributed by atoms with Gasteiger partial charge in [0.1, 0.15) is 0 Å². The van der Waals surface area contributed by atoms with Gasteiger partial charge in [-0.25, -0.2) is 0 Å². The lowest BCUT2D eigenvalue weighted by Gasteiger charge is -2.17. The highest BCUT2D eigenvalue weighted by Gasteiger charge is 2.18. The van der Waals surface area contributed by atoms with Crippen LogP contribution in [0.4, 0.5) is 0 Å². The molecule has 0 unspecified atom stereocenters. The molecule has 0 bridgehead atoms. The third kappa shape index (κ3) is 4.43. The molecule has 0 saturated heterocycles. The fourth-order valence-corrected chi connectivity index (χ4v) is 7.90. The van der Waals surface area contributed by atoms with E-state index in [0.29, 0.717) is 0 Å². The number of benzene rings is 8. The normalized spacial score (nSPS) is 11.6. The molecule has 10 rings (SSSR count). The highest BCUT2D eigenvalue weighted by Crippen LogP contribution is 2.41. The summed E-state index contributed by atoms with van der Waals surface area (Å²) in [6.07, 6.45) is 0. The van der Waals surface area contributed by atoms with Crippen LogP contribution in [-0.4, -0.2) is 9.13 Å². The van der Waals surface area contributed by atoms with Crippen molar-refractivity contribution in [2.45, 2.75) is 0 Å². The van der Waals surface area contributed by atoms with Crippen LogP contribution >= 0.6 is 0 Å². The third-order valence-corrected chi connectivity index (χ3v) is 10.1. The molecule has 2 heterocycles. The SMILES string of the molecule is c1ccc(-c2ccccc2-c2ccccc2-n2c3ccccc3c3cc(-c4ccc5c(c4)c4ccccc4n5-c4ccccc4)ccc32)cc1. The van der Waals surface area contributed by atoms with Crippen molar-refractivity contribution in [3.63, 3.8) is 0 Å². The third-order valence-electron chi connectivity index (χ3n) is 10.1. The molecule has 0 radical (unpaired) electrons. The zero-order chi connectivity index (χ0) is 33.0. The molecule has 2 nitrogen and oxygen atoms in total. The van der Waals surface area contributed by atoms with E-state index in [-0.39, 0.29) is 0 Å². The Labute approximate surface area is 290 Å². The summed E-state index contributed by atoms with van der Waals surface area (Å²) in [6, 6.07) is 70.4. The molecule has 0 fully saturated rings. The lowest BCUT2D eigenvalue weighted by molar-refractivity contribution is 1.18. The predicted molar refractivity (Wildman–Crippen MR) is 211 cm³/mol. The Morgan fingerprint density at radius 2 is 0.720 bits per heavy atom. The molecule has 2 aromatic heterocycles. The molecule has 0 aliphatic carbocycles. The molecule has 0 amide bonds. The Kier molecular flexibility index (Phi) is 6.53. The van der Waals surface area contributed by atoms with Crippen LogP contribution in [0.15, 0.2) is 194 Å². The van der Waals surface area contributed by atoms with E-state index in [2.05, 4.69) is 203 Å². The summed E-state index contributed by atoms with van der Waals surface area (Å²) in [4.78, 5) is 0. The van der Waals surface area contributed by atoms with Crippen LogP contribution in [0.1, 0.15) is 0 Å². The van der Waals surface area contributed by atoms with E-state index in [9.17, 15) is 0 Å². The van der Waals surface area contributed by atoms with Gasteiger partial charge in [-0.15, -0.1) is 0 Å². The van der Waals surface area contributed by atoms with Gasteiger partial charge in [0.15, 0.2) is 0 Å². The van der Waals surface area contributed by atoms with Crippen LogP contribution in [0.3, 0.4) is 0 Å². The Bertz CT molecular complexity index is 2860. The van der Waals surface area contributed by atoms with Gasteiger partial charge in [0, 0.05) is 32.8 Å². The quantitative estimate of drug-likeness (QED) is 0.178. The van der Waals surface area contributed by atoms with Crippen molar-refractivity contribution in [2.24, 2.45) is 0 Å². The number of fused-ring (bicyclic) bond motifs is 6. The molecule has 234 valence electrons. The minimum atomic E-state index is 1.17. The molecule has 50 heavy (non-hydrogen) atoms. The van der Waals surface area contributed by atoms with E-state index >= 15 is 0 Å². The maximum atomic E-state index is 2.45. The van der Waals surface area contributed by atoms with Crippen molar-refractivity contribution < 1.29 is 0 Å². The Balaban J connectivity index is 1.16. The molecular weight excluding hydrogens is 605 g/mol. The lowest BCUT2D eigenvalue weighted by atomic mass is 9.93. The van der Waals surface area contributed by atoms with Crippen molar-refractivity contribution in [1.29, 1.82) is 0 Å². The van der Waals surface area contributed by atoms with Gasteiger partial charge in [-0.05, 0) is 82.4 Å². The van der Waals surface area contributed by atoms with E-state index in [1.165, 1.54) is 88.4 Å². The van der Waals surface area contributed by atoms with Gasteiger partial charge in [0.2, 0.25) is 0 Å². The smallest absolute Gasteiger partial charge is 0.0541 e. The van der Waals surface area contributed by atoms with Gasteiger partial charge in [0.05, 0.1) is 27.8 Å². The molecule has 8 aromatic carbocycles. The Morgan fingerprint density at radius 3 is 1.38 bits per heavy atom. The second-order valence-corrected chi connectivity index (χ2v) is 12.9. The number of para-hydroxylation sites is 4. The first kappa shape index (κ1) is 28.4. The second-order valence-electron chi connectivity index (χ2n) is 12.9. The van der Waals surface area contributed by atoms with Crippen LogP contribution in [0.5, 0.6) is 0 Å². The first-order valence-electron chi connectivity index (χ1n) is 17.2. The van der Waals surface area contributed by atoms with Crippen LogP contribution in [-0.2, 0) is 0 Å². The van der Waals surface area contributed by atoms with Crippen LogP contribution in [0.2, 0.25) is 0 Å². The first-order valence-corrected chi connectivity index (χ1v) is 17.2. The lowest BCUT2D eigenvalue weighted by Crippen LogP contribution is -1.98. The van der Waals surface area contributed by atoms with Gasteiger partial charge in [-0.3, -0.25) is 0 Å². The molecular formula is C48H32N2. The first-order chi connectivity index (χ1) is 24.8. The molecule has 0 aliphatic rings. The van der Waals surface area contributed by atoms with Crippen molar-refractivity contribution in [3.05, 3.63) is 194 Å². The number of hydrogen-bond acceptors (Lipinski definition) is 0. The molecule has 0 saturated carbocycles. The molecule has 2 heteroatoms. The van der Waals surface area contributed by atoms with E-state index in [1.807, 2.05) is 0 Å². The molecule has 0 aliphatic heterocycles. The van der Waals surface area contributed by atoms with E-state index in [1.54, 1.807) is 0 Å². The van der Waals surface area contributed by atoms with Gasteiger partial charge >= 0.3 is 0 Å². The predicted octanol–water partition coefficient (Wildman–Crippen LogP) is 12.9. The minimum absolute atomic E-state index is 1.17. The maximum Gasteiger partial charge on any atom is 0.0541 e. The van der Waals surface area contributed by atoms with E-state index in [0.717, 1.165) is 0 Å². The molecule has 0 spiro atoms. The highest BCUT2D eigenvalue weighted by atomic mass is 15.0. The molecule has 0 N–H and O–H groups in total. The van der Waals surface area contributed by atoms with Crippen LogP contribution in [0.25, 0.3) is 88.4 Å². The fourth-order valence-electron chi connectivity index (χ4n) is 7.90. The summed E-state index contributed by atoms with van der Waals surface area (Å²) >= 11 is 0. The number of rotatable bonds is 5. The largest absolute Gasteiger partial charge is 0.309 e. The number of aromatic nitrogens is 2.